The maximum atomic E-state index is 14.1. The summed E-state index contributed by atoms with van der Waals surface area (Å²) in [5.41, 5.74) is 12.4. The van der Waals surface area contributed by atoms with Crippen LogP contribution in [0.1, 0.15) is 6.92 Å². The first-order chi connectivity index (χ1) is 8.02. The summed E-state index contributed by atoms with van der Waals surface area (Å²) in [4.78, 5) is 1.96. The van der Waals surface area contributed by atoms with E-state index in [4.69, 9.17) is 23.1 Å². The minimum absolute atomic E-state index is 0.0420. The first-order valence-electron chi connectivity index (χ1n) is 5.39. The molecule has 0 aromatic heterocycles. The van der Waals surface area contributed by atoms with Gasteiger partial charge >= 0.3 is 0 Å². The molecule has 1 aliphatic rings. The number of hydrogen-bond acceptors (Lipinski definition) is 4. The maximum Gasteiger partial charge on any atom is 0.169 e. The summed E-state index contributed by atoms with van der Waals surface area (Å²) in [6, 6.07) is 1.76. The second kappa shape index (κ2) is 4.82. The molecule has 1 aromatic rings. The van der Waals surface area contributed by atoms with Crippen molar-refractivity contribution in [2.24, 2.45) is 0 Å². The molecule has 1 aliphatic heterocycles. The summed E-state index contributed by atoms with van der Waals surface area (Å²) in [5, 5.41) is -0.0420. The van der Waals surface area contributed by atoms with Crippen LogP contribution in [0.4, 0.5) is 21.5 Å². The van der Waals surface area contributed by atoms with Crippen molar-refractivity contribution >= 4 is 40.4 Å². The summed E-state index contributed by atoms with van der Waals surface area (Å²) < 4.78 is 14.1. The molecule has 3 nitrogen and oxygen atoms in total. The quantitative estimate of drug-likeness (QED) is 0.774. The molecule has 1 fully saturated rings. The van der Waals surface area contributed by atoms with E-state index < -0.39 is 5.82 Å². The van der Waals surface area contributed by atoms with Crippen LogP contribution in [0.15, 0.2) is 6.07 Å². The predicted octanol–water partition coefficient (Wildman–Crippen LogP) is 2.59. The number of thioether (sulfide) groups is 1. The third-order valence-corrected chi connectivity index (χ3v) is 4.47. The third-order valence-electron chi connectivity index (χ3n) is 2.89. The molecule has 0 radical (unpaired) electrons. The van der Waals surface area contributed by atoms with Crippen LogP contribution >= 0.6 is 23.4 Å². The molecule has 1 aromatic carbocycles. The van der Waals surface area contributed by atoms with Gasteiger partial charge in [0.25, 0.3) is 0 Å². The SMILES string of the molecule is CC1CSCCN1c1c(N)cc(N)c(Cl)c1F. The van der Waals surface area contributed by atoms with Gasteiger partial charge in [0.1, 0.15) is 5.02 Å². The summed E-state index contributed by atoms with van der Waals surface area (Å²) in [6.07, 6.45) is 0. The van der Waals surface area contributed by atoms with Crippen molar-refractivity contribution in [1.82, 2.24) is 0 Å². The van der Waals surface area contributed by atoms with Crippen LogP contribution in [0.5, 0.6) is 0 Å². The molecule has 0 saturated carbocycles. The Labute approximate surface area is 109 Å². The van der Waals surface area contributed by atoms with E-state index in [-0.39, 0.29) is 16.8 Å². The average molecular weight is 276 g/mol. The van der Waals surface area contributed by atoms with Crippen molar-refractivity contribution in [3.63, 3.8) is 0 Å². The zero-order chi connectivity index (χ0) is 12.6. The number of anilines is 3. The molecule has 0 spiro atoms. The molecule has 0 amide bonds. The maximum absolute atomic E-state index is 14.1. The van der Waals surface area contributed by atoms with Gasteiger partial charge in [-0.25, -0.2) is 4.39 Å². The lowest BCUT2D eigenvalue weighted by molar-refractivity contribution is 0.606. The van der Waals surface area contributed by atoms with Gasteiger partial charge in [0.05, 0.1) is 17.1 Å². The van der Waals surface area contributed by atoms with Gasteiger partial charge in [-0.1, -0.05) is 11.6 Å². The number of nitrogens with two attached hydrogens (primary N) is 2. The van der Waals surface area contributed by atoms with E-state index in [2.05, 4.69) is 6.92 Å². The highest BCUT2D eigenvalue weighted by molar-refractivity contribution is 7.99. The van der Waals surface area contributed by atoms with E-state index in [0.29, 0.717) is 11.4 Å². The largest absolute Gasteiger partial charge is 0.397 e. The first kappa shape index (κ1) is 12.6. The van der Waals surface area contributed by atoms with E-state index in [1.165, 1.54) is 6.07 Å². The second-order valence-corrected chi connectivity index (χ2v) is 5.68. The van der Waals surface area contributed by atoms with E-state index in [1.54, 1.807) is 0 Å². The Morgan fingerprint density at radius 2 is 2.18 bits per heavy atom. The fourth-order valence-electron chi connectivity index (χ4n) is 2.01. The zero-order valence-corrected chi connectivity index (χ0v) is 11.1. The molecule has 1 unspecified atom stereocenters. The monoisotopic (exact) mass is 275 g/mol. The molecule has 0 aliphatic carbocycles. The van der Waals surface area contributed by atoms with Gasteiger partial charge in [0, 0.05) is 24.1 Å². The summed E-state index contributed by atoms with van der Waals surface area (Å²) >= 11 is 7.69. The highest BCUT2D eigenvalue weighted by Crippen LogP contribution is 2.38. The molecule has 6 heteroatoms. The molecule has 17 heavy (non-hydrogen) atoms. The summed E-state index contributed by atoms with van der Waals surface area (Å²) in [6.45, 7) is 2.82. The van der Waals surface area contributed by atoms with E-state index >= 15 is 0 Å². The minimum Gasteiger partial charge on any atom is -0.397 e. The minimum atomic E-state index is -0.511. The van der Waals surface area contributed by atoms with Gasteiger partial charge in [-0.3, -0.25) is 0 Å². The molecule has 1 saturated heterocycles. The van der Waals surface area contributed by atoms with Crippen LogP contribution in [0, 0.1) is 5.82 Å². The predicted molar refractivity (Wildman–Crippen MR) is 74.4 cm³/mol. The Hall–Kier alpha value is -0.810. The van der Waals surface area contributed by atoms with Crippen molar-refractivity contribution in [2.45, 2.75) is 13.0 Å². The van der Waals surface area contributed by atoms with Crippen molar-refractivity contribution in [1.29, 1.82) is 0 Å². The topological polar surface area (TPSA) is 55.3 Å². The number of halogens is 2. The Balaban J connectivity index is 2.47. The van der Waals surface area contributed by atoms with Crippen molar-refractivity contribution < 1.29 is 4.39 Å². The Kier molecular flexibility index (Phi) is 3.58. The number of nitrogen functional groups attached to an aromatic ring is 2. The number of benzene rings is 1. The number of nitrogens with zero attached hydrogens (tertiary/aromatic N) is 1. The lowest BCUT2D eigenvalue weighted by Crippen LogP contribution is -2.41. The third kappa shape index (κ3) is 2.26. The fourth-order valence-corrected chi connectivity index (χ4v) is 3.17. The molecule has 1 heterocycles. The summed E-state index contributed by atoms with van der Waals surface area (Å²) in [7, 11) is 0. The van der Waals surface area contributed by atoms with E-state index in [1.807, 2.05) is 16.7 Å². The molecular weight excluding hydrogens is 261 g/mol. The highest BCUT2D eigenvalue weighted by Gasteiger charge is 2.25. The molecule has 94 valence electrons. The number of rotatable bonds is 1. The van der Waals surface area contributed by atoms with Gasteiger partial charge in [-0.05, 0) is 13.0 Å². The lowest BCUT2D eigenvalue weighted by Gasteiger charge is -2.36. The Bertz CT molecular complexity index is 441. The average Bonchev–Trinajstić information content (AvgIpc) is 2.29. The van der Waals surface area contributed by atoms with Crippen molar-refractivity contribution in [3.8, 4) is 0 Å². The van der Waals surface area contributed by atoms with E-state index in [0.717, 1.165) is 18.1 Å². The number of hydrogen-bond donors (Lipinski definition) is 2. The van der Waals surface area contributed by atoms with Gasteiger partial charge in [-0.15, -0.1) is 0 Å². The fraction of sp³-hybridized carbons (Fsp3) is 0.455. The highest BCUT2D eigenvalue weighted by atomic mass is 35.5. The molecule has 0 bridgehead atoms. The Morgan fingerprint density at radius 1 is 1.47 bits per heavy atom. The summed E-state index contributed by atoms with van der Waals surface area (Å²) in [5.74, 6) is 1.41. The van der Waals surface area contributed by atoms with Gasteiger partial charge < -0.3 is 16.4 Å². The van der Waals surface area contributed by atoms with Crippen molar-refractivity contribution in [2.75, 3.05) is 34.4 Å². The van der Waals surface area contributed by atoms with Gasteiger partial charge in [-0.2, -0.15) is 11.8 Å². The molecule has 2 rings (SSSR count). The van der Waals surface area contributed by atoms with Gasteiger partial charge in [0.2, 0.25) is 0 Å². The van der Waals surface area contributed by atoms with Crippen LogP contribution in [0.3, 0.4) is 0 Å². The molecular formula is C11H15ClFN3S. The van der Waals surface area contributed by atoms with Crippen LogP contribution in [-0.4, -0.2) is 24.1 Å². The van der Waals surface area contributed by atoms with Crippen molar-refractivity contribution in [3.05, 3.63) is 16.9 Å². The molecule has 1 atom stereocenters. The lowest BCUT2D eigenvalue weighted by atomic mass is 10.1. The first-order valence-corrected chi connectivity index (χ1v) is 6.93. The Morgan fingerprint density at radius 3 is 2.82 bits per heavy atom. The van der Waals surface area contributed by atoms with Crippen LogP contribution in [0.25, 0.3) is 0 Å². The zero-order valence-electron chi connectivity index (χ0n) is 9.54. The smallest absolute Gasteiger partial charge is 0.169 e. The van der Waals surface area contributed by atoms with Crippen LogP contribution in [-0.2, 0) is 0 Å². The van der Waals surface area contributed by atoms with Gasteiger partial charge in [0.15, 0.2) is 5.82 Å². The normalized spacial score (nSPS) is 20.6. The second-order valence-electron chi connectivity index (χ2n) is 4.15. The molecule has 4 N–H and O–H groups in total. The van der Waals surface area contributed by atoms with Crippen LogP contribution in [0.2, 0.25) is 5.02 Å². The standard InChI is InChI=1S/C11H15ClFN3S/c1-6-5-17-3-2-16(6)11-8(15)4-7(14)9(12)10(11)13/h4,6H,2-3,5,14-15H2,1H3. The van der Waals surface area contributed by atoms with Crippen LogP contribution < -0.4 is 16.4 Å². The van der Waals surface area contributed by atoms with E-state index in [9.17, 15) is 4.39 Å².